The van der Waals surface area contributed by atoms with Crippen molar-refractivity contribution in [2.24, 2.45) is 17.3 Å². The van der Waals surface area contributed by atoms with E-state index in [1.165, 1.54) is 16.7 Å². The van der Waals surface area contributed by atoms with Gasteiger partial charge in [0.2, 0.25) is 0 Å². The van der Waals surface area contributed by atoms with E-state index in [0.29, 0.717) is 24.9 Å². The Morgan fingerprint density at radius 2 is 2.00 bits per heavy atom. The largest absolute Gasteiger partial charge is 0.489 e. The maximum atomic E-state index is 10.00. The van der Waals surface area contributed by atoms with Gasteiger partial charge in [0.25, 0.3) is 0 Å². The topological polar surface area (TPSA) is 53.2 Å². The van der Waals surface area contributed by atoms with Gasteiger partial charge in [-0.15, -0.1) is 0 Å². The van der Waals surface area contributed by atoms with E-state index in [0.717, 1.165) is 31.4 Å². The lowest BCUT2D eigenvalue weighted by Crippen LogP contribution is -2.44. The van der Waals surface area contributed by atoms with E-state index >= 15 is 0 Å². The summed E-state index contributed by atoms with van der Waals surface area (Å²) in [6.45, 7) is 2.94. The van der Waals surface area contributed by atoms with Gasteiger partial charge in [0.15, 0.2) is 0 Å². The molecule has 2 aromatic carbocycles. The lowest BCUT2D eigenvalue weighted by atomic mass is 9.54. The first kappa shape index (κ1) is 19.0. The normalized spacial score (nSPS) is 28.7. The Balaban J connectivity index is 1.53. The molecule has 3 heteroatoms. The van der Waals surface area contributed by atoms with Crippen molar-refractivity contribution in [2.45, 2.75) is 51.6 Å². The fraction of sp³-hybridized carbons (Fsp3) is 0.480. The number of hydrogen-bond acceptors (Lipinski definition) is 3. The van der Waals surface area contributed by atoms with Crippen molar-refractivity contribution in [1.29, 1.82) is 5.26 Å². The summed E-state index contributed by atoms with van der Waals surface area (Å²) < 4.78 is 6.03. The molecule has 4 rings (SSSR count). The fourth-order valence-electron chi connectivity index (χ4n) is 5.48. The summed E-state index contributed by atoms with van der Waals surface area (Å²) in [6.07, 6.45) is 4.76. The highest BCUT2D eigenvalue weighted by Crippen LogP contribution is 2.55. The van der Waals surface area contributed by atoms with Crippen LogP contribution in [0, 0.1) is 28.6 Å². The number of benzene rings is 2. The number of ether oxygens (including phenoxy) is 1. The number of fused-ring (bicyclic) bond motifs is 3. The summed E-state index contributed by atoms with van der Waals surface area (Å²) in [6, 6.07) is 19.2. The summed E-state index contributed by atoms with van der Waals surface area (Å²) in [5.74, 6) is 2.22. The van der Waals surface area contributed by atoms with Crippen LogP contribution in [0.3, 0.4) is 0 Å². The Labute approximate surface area is 168 Å². The lowest BCUT2D eigenvalue weighted by Gasteiger charge is -2.50. The molecule has 1 saturated carbocycles. The molecule has 2 aliphatic carbocycles. The zero-order valence-corrected chi connectivity index (χ0v) is 16.6. The van der Waals surface area contributed by atoms with Crippen LogP contribution >= 0.6 is 0 Å². The molecule has 3 nitrogen and oxygen atoms in total. The molecule has 1 fully saturated rings. The molecule has 1 unspecified atom stereocenters. The first-order valence-corrected chi connectivity index (χ1v) is 10.4. The minimum atomic E-state index is -0.118. The summed E-state index contributed by atoms with van der Waals surface area (Å²) in [7, 11) is 0. The number of aliphatic hydroxyl groups excluding tert-OH is 1. The second-order valence-electron chi connectivity index (χ2n) is 8.76. The molecule has 0 heterocycles. The van der Waals surface area contributed by atoms with Crippen molar-refractivity contribution >= 4 is 0 Å². The van der Waals surface area contributed by atoms with Gasteiger partial charge in [-0.25, -0.2) is 0 Å². The molecule has 0 aromatic heterocycles. The van der Waals surface area contributed by atoms with Gasteiger partial charge < -0.3 is 9.84 Å². The third-order valence-corrected chi connectivity index (χ3v) is 7.14. The maximum absolute atomic E-state index is 10.00. The standard InChI is InChI=1S/C25H29NO2/c1-25(17-27)13-11-22-21-10-8-20(28-16-18-5-3-2-4-6-18)15-19(21)7-9-23(22)24(25)12-14-26/h2-6,8,10,15,22-24,27H,7,9,11-13,16-17H2,1H3/t22-,23-,24?,25-/m1/s1. The Kier molecular flexibility index (Phi) is 5.42. The van der Waals surface area contributed by atoms with E-state index in [-0.39, 0.29) is 17.9 Å². The van der Waals surface area contributed by atoms with Crippen LogP contribution in [-0.4, -0.2) is 11.7 Å². The molecule has 4 atom stereocenters. The quantitative estimate of drug-likeness (QED) is 0.778. The van der Waals surface area contributed by atoms with Gasteiger partial charge in [0, 0.05) is 13.0 Å². The average Bonchev–Trinajstić information content (AvgIpc) is 2.74. The Hall–Kier alpha value is -2.31. The van der Waals surface area contributed by atoms with E-state index in [1.54, 1.807) is 0 Å². The fourth-order valence-corrected chi connectivity index (χ4v) is 5.48. The third-order valence-electron chi connectivity index (χ3n) is 7.14. The molecular weight excluding hydrogens is 346 g/mol. The molecule has 28 heavy (non-hydrogen) atoms. The molecule has 146 valence electrons. The van der Waals surface area contributed by atoms with Crippen molar-refractivity contribution in [3.05, 3.63) is 65.2 Å². The van der Waals surface area contributed by atoms with Gasteiger partial charge in [0.05, 0.1) is 6.07 Å². The monoisotopic (exact) mass is 375 g/mol. The molecule has 0 saturated heterocycles. The van der Waals surface area contributed by atoms with E-state index in [4.69, 9.17) is 4.74 Å². The van der Waals surface area contributed by atoms with Gasteiger partial charge in [-0.3, -0.25) is 0 Å². The molecule has 0 bridgehead atoms. The van der Waals surface area contributed by atoms with Gasteiger partial charge in [0.1, 0.15) is 12.4 Å². The Bertz CT molecular complexity index is 857. The summed E-state index contributed by atoms with van der Waals surface area (Å²) in [5, 5.41) is 19.4. The highest BCUT2D eigenvalue weighted by atomic mass is 16.5. The van der Waals surface area contributed by atoms with Gasteiger partial charge in [-0.1, -0.05) is 43.3 Å². The Morgan fingerprint density at radius 3 is 2.75 bits per heavy atom. The summed E-state index contributed by atoms with van der Waals surface area (Å²) in [5.41, 5.74) is 3.89. The van der Waals surface area contributed by atoms with Gasteiger partial charge >= 0.3 is 0 Å². The lowest BCUT2D eigenvalue weighted by molar-refractivity contribution is -0.0106. The highest BCUT2D eigenvalue weighted by Gasteiger charge is 2.47. The van der Waals surface area contributed by atoms with Crippen LogP contribution < -0.4 is 4.74 Å². The predicted molar refractivity (Wildman–Crippen MR) is 110 cm³/mol. The van der Waals surface area contributed by atoms with Crippen LogP contribution in [0.25, 0.3) is 0 Å². The number of rotatable bonds is 5. The molecule has 0 amide bonds. The van der Waals surface area contributed by atoms with Crippen LogP contribution in [0.1, 0.15) is 55.2 Å². The zero-order valence-electron chi connectivity index (χ0n) is 16.6. The van der Waals surface area contributed by atoms with Crippen molar-refractivity contribution < 1.29 is 9.84 Å². The minimum Gasteiger partial charge on any atom is -0.489 e. The van der Waals surface area contributed by atoms with E-state index in [2.05, 4.69) is 43.3 Å². The van der Waals surface area contributed by atoms with Crippen molar-refractivity contribution in [3.8, 4) is 11.8 Å². The average molecular weight is 376 g/mol. The Morgan fingerprint density at radius 1 is 1.18 bits per heavy atom. The van der Waals surface area contributed by atoms with E-state index in [9.17, 15) is 10.4 Å². The molecule has 0 spiro atoms. The van der Waals surface area contributed by atoms with Crippen LogP contribution in [0.4, 0.5) is 0 Å². The molecule has 0 aliphatic heterocycles. The molecule has 2 aromatic rings. The van der Waals surface area contributed by atoms with Crippen molar-refractivity contribution in [3.63, 3.8) is 0 Å². The van der Waals surface area contributed by atoms with Crippen molar-refractivity contribution in [2.75, 3.05) is 6.61 Å². The van der Waals surface area contributed by atoms with E-state index in [1.807, 2.05) is 18.2 Å². The summed E-state index contributed by atoms with van der Waals surface area (Å²) >= 11 is 0. The smallest absolute Gasteiger partial charge is 0.120 e. The number of aryl methyl sites for hydroxylation is 1. The second-order valence-corrected chi connectivity index (χ2v) is 8.76. The minimum absolute atomic E-state index is 0.118. The van der Waals surface area contributed by atoms with Gasteiger partial charge in [-0.2, -0.15) is 5.26 Å². The third kappa shape index (κ3) is 3.54. The number of aliphatic hydroxyl groups is 1. The first-order valence-electron chi connectivity index (χ1n) is 10.4. The van der Waals surface area contributed by atoms with Crippen molar-refractivity contribution in [1.82, 2.24) is 0 Å². The van der Waals surface area contributed by atoms with Gasteiger partial charge in [-0.05, 0) is 77.7 Å². The highest BCUT2D eigenvalue weighted by molar-refractivity contribution is 5.40. The number of nitriles is 1. The van der Waals surface area contributed by atoms with Crippen LogP contribution in [0.15, 0.2) is 48.5 Å². The zero-order chi connectivity index (χ0) is 19.6. The maximum Gasteiger partial charge on any atom is 0.120 e. The summed E-state index contributed by atoms with van der Waals surface area (Å²) in [4.78, 5) is 0. The van der Waals surface area contributed by atoms with Crippen LogP contribution in [0.5, 0.6) is 5.75 Å². The molecular formula is C25H29NO2. The van der Waals surface area contributed by atoms with Crippen LogP contribution in [-0.2, 0) is 13.0 Å². The molecule has 1 N–H and O–H groups in total. The first-order chi connectivity index (χ1) is 13.6. The molecule has 0 radical (unpaired) electrons. The molecule has 2 aliphatic rings. The van der Waals surface area contributed by atoms with Crippen LogP contribution in [0.2, 0.25) is 0 Å². The van der Waals surface area contributed by atoms with E-state index < -0.39 is 0 Å². The predicted octanol–water partition coefficient (Wildman–Crippen LogP) is 5.23. The number of hydrogen-bond donors (Lipinski definition) is 1. The SMILES string of the molecule is C[C@]1(CO)CC[C@@H]2c3ccc(OCc4ccccc4)cc3CC[C@H]2C1CC#N. The second kappa shape index (κ2) is 7.97. The number of nitrogens with zero attached hydrogens (tertiary/aromatic N) is 1.